The number of Topliss-reactive ketones (excluding diaryl/α,β-unsaturated/α-hetero) is 1. The molecule has 9 heteroatoms. The number of hydrogen-bond donors (Lipinski definition) is 0. The van der Waals surface area contributed by atoms with Crippen LogP contribution in [0, 0.1) is 0 Å². The molecule has 0 N–H and O–H groups in total. The zero-order valence-corrected chi connectivity index (χ0v) is 18.5. The zero-order valence-electron chi connectivity index (χ0n) is 16.9. The van der Waals surface area contributed by atoms with Gasteiger partial charge in [-0.3, -0.25) is 18.7 Å². The normalized spacial score (nSPS) is 11.2. The van der Waals surface area contributed by atoms with Crippen molar-refractivity contribution in [1.82, 2.24) is 18.7 Å². The summed E-state index contributed by atoms with van der Waals surface area (Å²) in [5.74, 6) is 0.0643. The number of carbonyl (C=O) groups excluding carboxylic acids is 1. The molecule has 0 aliphatic rings. The minimum atomic E-state index is -0.437. The van der Waals surface area contributed by atoms with Crippen molar-refractivity contribution in [2.45, 2.75) is 11.7 Å². The van der Waals surface area contributed by atoms with Crippen LogP contribution in [0.2, 0.25) is 5.02 Å². The molecule has 0 bridgehead atoms. The van der Waals surface area contributed by atoms with Crippen LogP contribution >= 0.6 is 23.4 Å². The van der Waals surface area contributed by atoms with Gasteiger partial charge in [0, 0.05) is 24.7 Å². The largest absolute Gasteiger partial charge is 0.332 e. The molecule has 0 unspecified atom stereocenters. The standard InChI is InChI=1S/C22H19ClN4O3S/c1-25-18-19(24-21(25)31-13-17(28)15-8-10-16(23)11-9-15)26(2)22(30)27(20(18)29)12-14-6-4-3-5-7-14/h3-11H,12-13H2,1-2H3. The highest BCUT2D eigenvalue weighted by Crippen LogP contribution is 2.22. The lowest BCUT2D eigenvalue weighted by molar-refractivity contribution is 0.102. The summed E-state index contributed by atoms with van der Waals surface area (Å²) >= 11 is 7.09. The van der Waals surface area contributed by atoms with E-state index in [4.69, 9.17) is 11.6 Å². The lowest BCUT2D eigenvalue weighted by Crippen LogP contribution is -2.39. The lowest BCUT2D eigenvalue weighted by atomic mass is 10.1. The molecule has 0 amide bonds. The Morgan fingerprint density at radius 1 is 1.00 bits per heavy atom. The van der Waals surface area contributed by atoms with Crippen molar-refractivity contribution in [3.63, 3.8) is 0 Å². The molecule has 4 rings (SSSR count). The fourth-order valence-corrected chi connectivity index (χ4v) is 4.30. The van der Waals surface area contributed by atoms with Gasteiger partial charge in [0.1, 0.15) is 0 Å². The van der Waals surface area contributed by atoms with Gasteiger partial charge in [0.05, 0.1) is 12.3 Å². The monoisotopic (exact) mass is 454 g/mol. The van der Waals surface area contributed by atoms with Gasteiger partial charge in [0.25, 0.3) is 5.56 Å². The highest BCUT2D eigenvalue weighted by Gasteiger charge is 2.19. The van der Waals surface area contributed by atoms with E-state index in [0.717, 1.165) is 5.56 Å². The second kappa shape index (κ2) is 8.56. The fourth-order valence-electron chi connectivity index (χ4n) is 3.31. The van der Waals surface area contributed by atoms with Crippen LogP contribution < -0.4 is 11.2 Å². The molecule has 0 saturated carbocycles. The summed E-state index contributed by atoms with van der Waals surface area (Å²) in [4.78, 5) is 42.9. The smallest absolute Gasteiger partial charge is 0.316 e. The van der Waals surface area contributed by atoms with E-state index in [1.54, 1.807) is 42.9 Å². The third-order valence-corrected chi connectivity index (χ3v) is 6.28. The molecule has 0 radical (unpaired) electrons. The molecule has 31 heavy (non-hydrogen) atoms. The minimum Gasteiger partial charge on any atom is -0.316 e. The quantitative estimate of drug-likeness (QED) is 0.330. The fraction of sp³-hybridized carbons (Fsp3) is 0.182. The van der Waals surface area contributed by atoms with E-state index in [2.05, 4.69) is 4.98 Å². The molecule has 0 aliphatic carbocycles. The molecule has 0 aliphatic heterocycles. The number of carbonyl (C=O) groups is 1. The molecule has 2 aromatic heterocycles. The SMILES string of the molecule is Cn1c(SCC(=O)c2ccc(Cl)cc2)nc2c1c(=O)n(Cc1ccccc1)c(=O)n2C. The van der Waals surface area contributed by atoms with Crippen molar-refractivity contribution < 1.29 is 4.79 Å². The van der Waals surface area contributed by atoms with Gasteiger partial charge in [-0.15, -0.1) is 0 Å². The number of ketones is 1. The number of imidazole rings is 1. The summed E-state index contributed by atoms with van der Waals surface area (Å²) in [7, 11) is 3.30. The number of aromatic nitrogens is 4. The number of aryl methyl sites for hydroxylation is 2. The molecule has 0 spiro atoms. The van der Waals surface area contributed by atoms with Gasteiger partial charge in [0.15, 0.2) is 22.1 Å². The van der Waals surface area contributed by atoms with Gasteiger partial charge in [0.2, 0.25) is 0 Å². The van der Waals surface area contributed by atoms with Gasteiger partial charge in [-0.25, -0.2) is 9.78 Å². The maximum absolute atomic E-state index is 13.1. The summed E-state index contributed by atoms with van der Waals surface area (Å²) in [6.45, 7) is 0.172. The van der Waals surface area contributed by atoms with Crippen LogP contribution in [0.1, 0.15) is 15.9 Å². The molecule has 0 saturated heterocycles. The number of rotatable bonds is 6. The summed E-state index contributed by atoms with van der Waals surface area (Å²) in [5.41, 5.74) is 1.17. The van der Waals surface area contributed by atoms with Crippen LogP contribution in [0.5, 0.6) is 0 Å². The highest BCUT2D eigenvalue weighted by atomic mass is 35.5. The average Bonchev–Trinajstić information content (AvgIpc) is 3.11. The third-order valence-electron chi connectivity index (χ3n) is 5.00. The number of hydrogen-bond acceptors (Lipinski definition) is 5. The van der Waals surface area contributed by atoms with Gasteiger partial charge in [-0.2, -0.15) is 0 Å². The molecule has 2 aromatic carbocycles. The van der Waals surface area contributed by atoms with Crippen LogP contribution in [-0.4, -0.2) is 30.2 Å². The van der Waals surface area contributed by atoms with Crippen molar-refractivity contribution in [2.24, 2.45) is 14.1 Å². The first-order valence-corrected chi connectivity index (χ1v) is 10.8. The van der Waals surface area contributed by atoms with E-state index in [1.165, 1.54) is 20.9 Å². The minimum absolute atomic E-state index is 0.0795. The first kappa shape index (κ1) is 21.1. The van der Waals surface area contributed by atoms with E-state index >= 15 is 0 Å². The van der Waals surface area contributed by atoms with E-state index < -0.39 is 11.2 Å². The number of benzene rings is 2. The Hall–Kier alpha value is -3.10. The molecule has 2 heterocycles. The van der Waals surface area contributed by atoms with E-state index in [9.17, 15) is 14.4 Å². The van der Waals surface area contributed by atoms with Crippen LogP contribution in [-0.2, 0) is 20.6 Å². The van der Waals surface area contributed by atoms with Crippen LogP contribution in [0.4, 0.5) is 0 Å². The van der Waals surface area contributed by atoms with Crippen molar-refractivity contribution in [3.05, 3.63) is 91.6 Å². The summed E-state index contributed by atoms with van der Waals surface area (Å²) < 4.78 is 4.20. The van der Waals surface area contributed by atoms with Crippen LogP contribution in [0.25, 0.3) is 11.2 Å². The maximum atomic E-state index is 13.1. The summed E-state index contributed by atoms with van der Waals surface area (Å²) in [6, 6.07) is 16.0. The van der Waals surface area contributed by atoms with E-state index in [1.807, 2.05) is 30.3 Å². The van der Waals surface area contributed by atoms with Crippen molar-refractivity contribution in [3.8, 4) is 0 Å². The Morgan fingerprint density at radius 2 is 1.68 bits per heavy atom. The third kappa shape index (κ3) is 4.08. The Morgan fingerprint density at radius 3 is 2.35 bits per heavy atom. The number of nitrogens with zero attached hydrogens (tertiary/aromatic N) is 4. The second-order valence-corrected chi connectivity index (χ2v) is 8.44. The first-order valence-electron chi connectivity index (χ1n) is 9.48. The molecular weight excluding hydrogens is 436 g/mol. The van der Waals surface area contributed by atoms with Crippen molar-refractivity contribution in [2.75, 3.05) is 5.75 Å². The predicted octanol–water partition coefficient (Wildman–Crippen LogP) is 3.11. The first-order chi connectivity index (χ1) is 14.9. The molecule has 0 atom stereocenters. The van der Waals surface area contributed by atoms with E-state index in [-0.39, 0.29) is 18.1 Å². The van der Waals surface area contributed by atoms with Crippen LogP contribution in [0.15, 0.2) is 69.3 Å². The Bertz CT molecular complexity index is 1390. The summed E-state index contributed by atoms with van der Waals surface area (Å²) in [5, 5.41) is 1.05. The number of thioether (sulfide) groups is 1. The van der Waals surface area contributed by atoms with Crippen molar-refractivity contribution in [1.29, 1.82) is 0 Å². The topological polar surface area (TPSA) is 78.9 Å². The molecule has 158 valence electrons. The zero-order chi connectivity index (χ0) is 22.1. The molecular formula is C22H19ClN4O3S. The van der Waals surface area contributed by atoms with Crippen molar-refractivity contribution >= 4 is 40.3 Å². The molecule has 4 aromatic rings. The Kier molecular flexibility index (Phi) is 5.84. The number of halogens is 1. The number of fused-ring (bicyclic) bond motifs is 1. The van der Waals surface area contributed by atoms with Gasteiger partial charge >= 0.3 is 5.69 Å². The predicted molar refractivity (Wildman–Crippen MR) is 122 cm³/mol. The van der Waals surface area contributed by atoms with Gasteiger partial charge in [-0.05, 0) is 29.8 Å². The Balaban J connectivity index is 1.68. The van der Waals surface area contributed by atoms with Gasteiger partial charge in [-0.1, -0.05) is 53.7 Å². The lowest BCUT2D eigenvalue weighted by Gasteiger charge is -2.08. The molecule has 0 fully saturated rings. The maximum Gasteiger partial charge on any atom is 0.332 e. The second-order valence-electron chi connectivity index (χ2n) is 7.06. The highest BCUT2D eigenvalue weighted by molar-refractivity contribution is 7.99. The summed E-state index contributed by atoms with van der Waals surface area (Å²) in [6.07, 6.45) is 0. The van der Waals surface area contributed by atoms with E-state index in [0.29, 0.717) is 26.9 Å². The molecule has 7 nitrogen and oxygen atoms in total. The van der Waals surface area contributed by atoms with Gasteiger partial charge < -0.3 is 4.57 Å². The van der Waals surface area contributed by atoms with Crippen LogP contribution in [0.3, 0.4) is 0 Å². The average molecular weight is 455 g/mol. The Labute approximate surface area is 186 Å².